The monoisotopic (exact) mass is 658 g/mol. The van der Waals surface area contributed by atoms with Crippen LogP contribution in [0.3, 0.4) is 0 Å². The highest BCUT2D eigenvalue weighted by Gasteiger charge is 2.66. The second-order valence-corrected chi connectivity index (χ2v) is 17.1. The Kier molecular flexibility index (Phi) is 8.30. The molecule has 45 heavy (non-hydrogen) atoms. The summed E-state index contributed by atoms with van der Waals surface area (Å²) in [7, 11) is -5.84. The van der Waals surface area contributed by atoms with Crippen LogP contribution in [0.5, 0.6) is 0 Å². The maximum atomic E-state index is 12.1. The fraction of sp³-hybridized carbons (Fsp3) is 0.758. The van der Waals surface area contributed by atoms with E-state index in [1.54, 1.807) is 0 Å². The minimum absolute atomic E-state index is 0.118. The lowest BCUT2D eigenvalue weighted by molar-refractivity contribution is -0.213. The first-order valence-electron chi connectivity index (χ1n) is 16.0. The van der Waals surface area contributed by atoms with Crippen LogP contribution in [0.1, 0.15) is 109 Å². The molecule has 0 aliphatic heterocycles. The average Bonchev–Trinajstić information content (AvgIpc) is 2.91. The Morgan fingerprint density at radius 1 is 0.756 bits per heavy atom. The van der Waals surface area contributed by atoms with Gasteiger partial charge in [0.1, 0.15) is 0 Å². The predicted octanol–water partition coefficient (Wildman–Crippen LogP) is 6.97. The molecule has 0 radical (unpaired) electrons. The van der Waals surface area contributed by atoms with Gasteiger partial charge >= 0.3 is 27.6 Å². The molecule has 252 valence electrons. The van der Waals surface area contributed by atoms with E-state index in [0.717, 1.165) is 64.2 Å². The number of aliphatic hydroxyl groups is 1. The largest absolute Gasteiger partial charge is 0.522 e. The molecule has 0 heterocycles. The summed E-state index contributed by atoms with van der Waals surface area (Å²) in [6, 6.07) is 10.7. The summed E-state index contributed by atoms with van der Waals surface area (Å²) in [6.45, 7) is 4.41. The van der Waals surface area contributed by atoms with Gasteiger partial charge < -0.3 is 15.3 Å². The van der Waals surface area contributed by atoms with Crippen molar-refractivity contribution >= 4 is 22.1 Å². The van der Waals surface area contributed by atoms with Gasteiger partial charge in [0, 0.05) is 0 Å². The molecule has 0 spiro atoms. The lowest BCUT2D eigenvalue weighted by Crippen LogP contribution is -2.62. The van der Waals surface area contributed by atoms with E-state index in [2.05, 4.69) is 44.2 Å². The molecule has 9 rings (SSSR count). The summed E-state index contributed by atoms with van der Waals surface area (Å²) in [6.07, 6.45) is 13.4. The standard InChI is InChI=1S/C19H24O2.C13H20O3.CHF3O3S/c1-2-17-8-14-9-18(11-17,15-6-4-3-5-7-15)13-19(10-14,12-17)16(20)21;1-2-11-3-9-4-12(6-11,10(14)15)8-13(16,5-9)7-11;2-1(3,4)8(5,6)7/h3-7,14H,2,8-13H2,1H3,(H,20,21);9,16H,2-8H2,1H3,(H,14,15);(H,5,6,7). The molecule has 0 aromatic heterocycles. The van der Waals surface area contributed by atoms with E-state index >= 15 is 0 Å². The van der Waals surface area contributed by atoms with Crippen LogP contribution in [0.2, 0.25) is 0 Å². The van der Waals surface area contributed by atoms with Crippen molar-refractivity contribution in [3.8, 4) is 0 Å². The Bertz CT molecular complexity index is 1430. The van der Waals surface area contributed by atoms with Gasteiger partial charge in [0.25, 0.3) is 0 Å². The van der Waals surface area contributed by atoms with Gasteiger partial charge in [0.05, 0.1) is 16.4 Å². The molecular formula is C33H45F3O8S. The third-order valence-corrected chi connectivity index (χ3v) is 13.0. The van der Waals surface area contributed by atoms with Crippen LogP contribution in [0.15, 0.2) is 30.3 Å². The maximum Gasteiger partial charge on any atom is 0.522 e. The second kappa shape index (κ2) is 10.9. The van der Waals surface area contributed by atoms with E-state index in [0.29, 0.717) is 18.3 Å². The van der Waals surface area contributed by atoms with Crippen molar-refractivity contribution in [3.63, 3.8) is 0 Å². The minimum Gasteiger partial charge on any atom is -0.481 e. The average molecular weight is 659 g/mol. The van der Waals surface area contributed by atoms with Gasteiger partial charge in [-0.15, -0.1) is 0 Å². The predicted molar refractivity (Wildman–Crippen MR) is 159 cm³/mol. The number of benzene rings is 1. The third kappa shape index (κ3) is 6.04. The number of carbonyl (C=O) groups is 2. The molecule has 8 saturated carbocycles. The van der Waals surface area contributed by atoms with Gasteiger partial charge in [0.15, 0.2) is 0 Å². The highest BCUT2D eigenvalue weighted by Crippen LogP contribution is 2.71. The molecule has 8 bridgehead atoms. The first kappa shape index (κ1) is 34.2. The second-order valence-electron chi connectivity index (χ2n) is 15.7. The molecule has 8 nitrogen and oxygen atoms in total. The summed E-state index contributed by atoms with van der Waals surface area (Å²) in [4.78, 5) is 23.6. The number of halogens is 3. The van der Waals surface area contributed by atoms with Crippen LogP contribution >= 0.6 is 0 Å². The molecule has 1 aromatic rings. The fourth-order valence-corrected chi connectivity index (χ4v) is 11.6. The Morgan fingerprint density at radius 3 is 1.67 bits per heavy atom. The molecule has 1 aromatic carbocycles. The van der Waals surface area contributed by atoms with E-state index in [1.807, 2.05) is 0 Å². The van der Waals surface area contributed by atoms with Crippen molar-refractivity contribution in [2.75, 3.05) is 0 Å². The van der Waals surface area contributed by atoms with Crippen molar-refractivity contribution in [3.05, 3.63) is 35.9 Å². The van der Waals surface area contributed by atoms with Crippen LogP contribution in [0, 0.1) is 33.5 Å². The SMILES string of the molecule is CCC12CC3CC(C(=O)O)(C1)CC(c1ccccc1)(C3)C2.CCC12CC3CC(O)(C1)CC(C(=O)O)(C3)C2.O=S(=O)(O)C(F)(F)F. The first-order valence-corrected chi connectivity index (χ1v) is 17.4. The number of carboxylic acids is 2. The zero-order chi connectivity index (χ0) is 33.3. The lowest BCUT2D eigenvalue weighted by Gasteiger charge is -2.65. The lowest BCUT2D eigenvalue weighted by atomic mass is 9.38. The van der Waals surface area contributed by atoms with Crippen molar-refractivity contribution < 1.29 is 51.1 Å². The molecule has 4 N–H and O–H groups in total. The van der Waals surface area contributed by atoms with Gasteiger partial charge in [-0.25, -0.2) is 0 Å². The Morgan fingerprint density at radius 2 is 1.22 bits per heavy atom. The smallest absolute Gasteiger partial charge is 0.481 e. The molecule has 8 aliphatic rings. The van der Waals surface area contributed by atoms with E-state index < -0.39 is 44.0 Å². The van der Waals surface area contributed by atoms with Crippen molar-refractivity contribution in [2.24, 2.45) is 33.5 Å². The zero-order valence-electron chi connectivity index (χ0n) is 25.9. The van der Waals surface area contributed by atoms with Crippen LogP contribution in [0.4, 0.5) is 13.2 Å². The quantitative estimate of drug-likeness (QED) is 0.196. The Balaban J connectivity index is 0.000000148. The summed E-state index contributed by atoms with van der Waals surface area (Å²) in [5.74, 6) is -0.160. The number of hydrogen-bond donors (Lipinski definition) is 4. The summed E-state index contributed by atoms with van der Waals surface area (Å²) in [5.41, 5.74) is -5.37. The molecule has 8 aliphatic carbocycles. The number of rotatable bonds is 5. The minimum atomic E-state index is -5.84. The first-order chi connectivity index (χ1) is 20.7. The van der Waals surface area contributed by atoms with Crippen LogP contribution in [-0.2, 0) is 25.1 Å². The maximum absolute atomic E-state index is 12.1. The normalized spacial score (nSPS) is 42.3. The molecule has 12 heteroatoms. The number of aliphatic carboxylic acids is 2. The number of carboxylic acid groups (broad SMARTS) is 2. The van der Waals surface area contributed by atoms with Crippen molar-refractivity contribution in [2.45, 2.75) is 120 Å². The number of alkyl halides is 3. The fourth-order valence-electron chi connectivity index (χ4n) is 11.6. The van der Waals surface area contributed by atoms with E-state index in [1.165, 1.54) is 24.8 Å². The topological polar surface area (TPSA) is 149 Å². The van der Waals surface area contributed by atoms with Crippen molar-refractivity contribution in [1.82, 2.24) is 0 Å². The summed E-state index contributed by atoms with van der Waals surface area (Å²) in [5, 5.41) is 30.0. The van der Waals surface area contributed by atoms with E-state index in [-0.39, 0.29) is 16.2 Å². The molecular weight excluding hydrogens is 613 g/mol. The highest BCUT2D eigenvalue weighted by atomic mass is 32.2. The Labute approximate surface area is 262 Å². The van der Waals surface area contributed by atoms with Gasteiger partial charge in [-0.05, 0) is 111 Å². The molecule has 0 saturated heterocycles. The summed E-state index contributed by atoms with van der Waals surface area (Å²) >= 11 is 0. The van der Waals surface area contributed by atoms with Crippen LogP contribution in [-0.4, -0.2) is 51.3 Å². The van der Waals surface area contributed by atoms with Gasteiger partial charge in [0.2, 0.25) is 0 Å². The third-order valence-electron chi connectivity index (χ3n) is 12.4. The molecule has 8 fully saturated rings. The Hall–Kier alpha value is -2.18. The van der Waals surface area contributed by atoms with Crippen LogP contribution < -0.4 is 0 Å². The molecule has 8 unspecified atom stereocenters. The zero-order valence-corrected chi connectivity index (χ0v) is 26.7. The highest BCUT2D eigenvalue weighted by molar-refractivity contribution is 7.86. The van der Waals surface area contributed by atoms with Gasteiger partial charge in [-0.3, -0.25) is 14.1 Å². The van der Waals surface area contributed by atoms with E-state index in [4.69, 9.17) is 13.0 Å². The number of hydrogen-bond acceptors (Lipinski definition) is 5. The van der Waals surface area contributed by atoms with Crippen LogP contribution in [0.25, 0.3) is 0 Å². The molecule has 8 atom stereocenters. The van der Waals surface area contributed by atoms with Crippen molar-refractivity contribution in [1.29, 1.82) is 0 Å². The molecule has 0 amide bonds. The van der Waals surface area contributed by atoms with Gasteiger partial charge in [-0.1, -0.05) is 57.0 Å². The van der Waals surface area contributed by atoms with E-state index in [9.17, 15) is 38.1 Å². The van der Waals surface area contributed by atoms with Gasteiger partial charge in [-0.2, -0.15) is 21.6 Å². The summed E-state index contributed by atoms with van der Waals surface area (Å²) < 4.78 is 57.5.